The van der Waals surface area contributed by atoms with Crippen LogP contribution in [0.15, 0.2) is 59.7 Å². The Kier molecular flexibility index (Phi) is 8.12. The van der Waals surface area contributed by atoms with Gasteiger partial charge in [0, 0.05) is 5.56 Å². The van der Waals surface area contributed by atoms with Gasteiger partial charge in [0.25, 0.3) is 5.91 Å². The number of rotatable bonds is 9. The van der Waals surface area contributed by atoms with Crippen molar-refractivity contribution >= 4 is 18.1 Å². The molecule has 0 radical (unpaired) electrons. The highest BCUT2D eigenvalue weighted by Gasteiger charge is 2.19. The largest absolute Gasteiger partial charge is 0.508 e. The van der Waals surface area contributed by atoms with Crippen molar-refractivity contribution in [2.75, 3.05) is 28.4 Å². The molecular weight excluding hydrogens is 456 g/mol. The fraction of sp³-hybridized carbons (Fsp3) is 0.160. The lowest BCUT2D eigenvalue weighted by molar-refractivity contribution is 0.0728. The molecule has 0 unspecified atom stereocenters. The molecule has 0 aliphatic rings. The molecule has 35 heavy (non-hydrogen) atoms. The van der Waals surface area contributed by atoms with Crippen LogP contribution in [0.3, 0.4) is 0 Å². The molecule has 1 amide bonds. The van der Waals surface area contributed by atoms with Crippen molar-refractivity contribution in [3.05, 3.63) is 71.3 Å². The van der Waals surface area contributed by atoms with E-state index < -0.39 is 11.9 Å². The van der Waals surface area contributed by atoms with Crippen molar-refractivity contribution in [3.8, 4) is 34.5 Å². The van der Waals surface area contributed by atoms with Gasteiger partial charge < -0.3 is 28.8 Å². The number of carbonyl (C=O) groups is 2. The highest BCUT2D eigenvalue weighted by atomic mass is 16.6. The van der Waals surface area contributed by atoms with E-state index >= 15 is 0 Å². The van der Waals surface area contributed by atoms with Gasteiger partial charge in [0.05, 0.1) is 40.2 Å². The molecule has 3 aromatic carbocycles. The van der Waals surface area contributed by atoms with E-state index in [1.165, 1.54) is 77.1 Å². The van der Waals surface area contributed by atoms with Gasteiger partial charge in [-0.3, -0.25) is 4.79 Å². The molecule has 10 heteroatoms. The Morgan fingerprint density at radius 3 is 1.97 bits per heavy atom. The minimum atomic E-state index is -0.662. The van der Waals surface area contributed by atoms with E-state index in [0.717, 1.165) is 0 Å². The second kappa shape index (κ2) is 11.4. The fourth-order valence-electron chi connectivity index (χ4n) is 3.05. The van der Waals surface area contributed by atoms with Crippen LogP contribution in [-0.4, -0.2) is 51.6 Å². The molecule has 10 nitrogen and oxygen atoms in total. The zero-order valence-electron chi connectivity index (χ0n) is 19.5. The number of methoxy groups -OCH3 is 4. The number of phenolic OH excluding ortho intramolecular Hbond substituents is 1. The number of ether oxygens (including phenoxy) is 5. The van der Waals surface area contributed by atoms with Crippen LogP contribution in [0.2, 0.25) is 0 Å². The summed E-state index contributed by atoms with van der Waals surface area (Å²) in [5.41, 5.74) is 3.50. The van der Waals surface area contributed by atoms with Crippen LogP contribution in [0.25, 0.3) is 0 Å². The van der Waals surface area contributed by atoms with Gasteiger partial charge >= 0.3 is 5.97 Å². The lowest BCUT2D eigenvalue weighted by atomic mass is 10.1. The van der Waals surface area contributed by atoms with Crippen molar-refractivity contribution in [1.29, 1.82) is 0 Å². The highest BCUT2D eigenvalue weighted by Crippen LogP contribution is 2.38. The molecule has 0 heterocycles. The van der Waals surface area contributed by atoms with E-state index in [2.05, 4.69) is 10.5 Å². The summed E-state index contributed by atoms with van der Waals surface area (Å²) >= 11 is 0. The van der Waals surface area contributed by atoms with Crippen molar-refractivity contribution in [3.63, 3.8) is 0 Å². The number of nitrogens with zero attached hydrogens (tertiary/aromatic N) is 1. The third-order valence-electron chi connectivity index (χ3n) is 4.80. The Hall–Kier alpha value is -4.73. The molecule has 0 aliphatic heterocycles. The first-order valence-electron chi connectivity index (χ1n) is 10.2. The van der Waals surface area contributed by atoms with Crippen molar-refractivity contribution in [2.45, 2.75) is 0 Å². The minimum Gasteiger partial charge on any atom is -0.508 e. The molecule has 0 bridgehead atoms. The molecule has 0 aliphatic carbocycles. The molecule has 0 saturated heterocycles. The Morgan fingerprint density at radius 2 is 1.40 bits per heavy atom. The van der Waals surface area contributed by atoms with Crippen LogP contribution in [0.1, 0.15) is 26.3 Å². The topological polar surface area (TPSA) is 125 Å². The molecule has 0 saturated carbocycles. The van der Waals surface area contributed by atoms with Crippen LogP contribution in [0, 0.1) is 0 Å². The summed E-state index contributed by atoms with van der Waals surface area (Å²) in [5, 5.41) is 13.2. The third-order valence-corrected chi connectivity index (χ3v) is 4.80. The Balaban J connectivity index is 1.73. The van der Waals surface area contributed by atoms with Gasteiger partial charge in [-0.15, -0.1) is 0 Å². The first-order valence-corrected chi connectivity index (χ1v) is 10.2. The third kappa shape index (κ3) is 5.99. The van der Waals surface area contributed by atoms with Gasteiger partial charge in [-0.1, -0.05) is 0 Å². The highest BCUT2D eigenvalue weighted by molar-refractivity contribution is 5.95. The summed E-state index contributed by atoms with van der Waals surface area (Å²) in [6.07, 6.45) is 1.41. The van der Waals surface area contributed by atoms with E-state index in [1.807, 2.05) is 0 Å². The number of nitrogens with one attached hydrogen (secondary N) is 1. The van der Waals surface area contributed by atoms with Crippen LogP contribution in [-0.2, 0) is 0 Å². The Morgan fingerprint density at radius 1 is 0.771 bits per heavy atom. The van der Waals surface area contributed by atoms with Gasteiger partial charge in [0.1, 0.15) is 5.75 Å². The lowest BCUT2D eigenvalue weighted by Crippen LogP contribution is -2.17. The molecule has 0 aromatic heterocycles. The van der Waals surface area contributed by atoms with E-state index in [-0.39, 0.29) is 22.8 Å². The summed E-state index contributed by atoms with van der Waals surface area (Å²) in [5.74, 6) is 0.386. The average molecular weight is 480 g/mol. The number of amides is 1. The summed E-state index contributed by atoms with van der Waals surface area (Å²) in [7, 11) is 5.79. The maximum atomic E-state index is 12.8. The average Bonchev–Trinajstić information content (AvgIpc) is 2.88. The first-order chi connectivity index (χ1) is 16.9. The number of aromatic hydroxyl groups is 1. The smallest absolute Gasteiger partial charge is 0.343 e. The summed E-state index contributed by atoms with van der Waals surface area (Å²) in [6, 6.07) is 13.5. The van der Waals surface area contributed by atoms with Gasteiger partial charge in [-0.05, 0) is 60.2 Å². The van der Waals surface area contributed by atoms with Crippen molar-refractivity contribution in [1.82, 2.24) is 5.43 Å². The lowest BCUT2D eigenvalue weighted by Gasteiger charge is -2.14. The van der Waals surface area contributed by atoms with E-state index in [1.54, 1.807) is 12.1 Å². The fourth-order valence-corrected chi connectivity index (χ4v) is 3.05. The van der Waals surface area contributed by atoms with Gasteiger partial charge in [0.15, 0.2) is 23.0 Å². The predicted molar refractivity (Wildman–Crippen MR) is 127 cm³/mol. The first kappa shape index (κ1) is 24.9. The number of phenols is 1. The zero-order chi connectivity index (χ0) is 25.4. The molecule has 2 N–H and O–H groups in total. The van der Waals surface area contributed by atoms with Gasteiger partial charge in [-0.25, -0.2) is 10.2 Å². The number of benzene rings is 3. The molecule has 0 fully saturated rings. The summed E-state index contributed by atoms with van der Waals surface area (Å²) < 4.78 is 26.7. The Bertz CT molecular complexity index is 1210. The maximum Gasteiger partial charge on any atom is 0.343 e. The second-order valence-corrected chi connectivity index (χ2v) is 6.96. The quantitative estimate of drug-likeness (QED) is 0.207. The SMILES string of the molecule is COc1cc(C=NNC(=O)c2ccc(O)cc2)ccc1OC(=O)c1cc(OC)c(OC)c(OC)c1. The Labute approximate surface area is 201 Å². The van der Waals surface area contributed by atoms with Crippen LogP contribution >= 0.6 is 0 Å². The number of hydrogen-bond donors (Lipinski definition) is 2. The number of hydrogen-bond acceptors (Lipinski definition) is 9. The molecule has 3 aromatic rings. The maximum absolute atomic E-state index is 12.8. The number of carbonyl (C=O) groups excluding carboxylic acids is 2. The van der Waals surface area contributed by atoms with Gasteiger partial charge in [0.2, 0.25) is 5.75 Å². The monoisotopic (exact) mass is 480 g/mol. The molecule has 182 valence electrons. The standard InChI is InChI=1S/C25H24N2O8/c1-31-20-11-15(14-26-27-24(29)16-6-8-18(28)9-7-16)5-10-19(20)35-25(30)17-12-21(32-2)23(34-4)22(13-17)33-3/h5-14,28H,1-4H3,(H,27,29). The van der Waals surface area contributed by atoms with E-state index in [0.29, 0.717) is 28.4 Å². The van der Waals surface area contributed by atoms with Crippen LogP contribution < -0.4 is 29.1 Å². The molecule has 3 rings (SSSR count). The summed E-state index contributed by atoms with van der Waals surface area (Å²) in [4.78, 5) is 24.9. The van der Waals surface area contributed by atoms with Crippen molar-refractivity contribution in [2.24, 2.45) is 5.10 Å². The minimum absolute atomic E-state index is 0.0585. The normalized spacial score (nSPS) is 10.5. The molecular formula is C25H24N2O8. The number of hydrazone groups is 1. The van der Waals surface area contributed by atoms with Crippen molar-refractivity contribution < 1.29 is 38.4 Å². The summed E-state index contributed by atoms with van der Waals surface area (Å²) in [6.45, 7) is 0. The second-order valence-electron chi connectivity index (χ2n) is 6.96. The van der Waals surface area contributed by atoms with E-state index in [4.69, 9.17) is 23.7 Å². The van der Waals surface area contributed by atoms with Crippen LogP contribution in [0.4, 0.5) is 0 Å². The molecule has 0 spiro atoms. The van der Waals surface area contributed by atoms with Gasteiger partial charge in [-0.2, -0.15) is 5.10 Å². The van der Waals surface area contributed by atoms with Crippen LogP contribution in [0.5, 0.6) is 34.5 Å². The van der Waals surface area contributed by atoms with E-state index in [9.17, 15) is 14.7 Å². The molecule has 0 atom stereocenters. The number of esters is 1. The predicted octanol–water partition coefficient (Wildman–Crippen LogP) is 3.41. The zero-order valence-corrected chi connectivity index (χ0v) is 19.5.